The molecule has 0 aromatic carbocycles. The van der Waals surface area contributed by atoms with Crippen LogP contribution in [-0.2, 0) is 11.2 Å². The number of hydrogen-bond donors (Lipinski definition) is 2. The third-order valence-electron chi connectivity index (χ3n) is 3.63. The van der Waals surface area contributed by atoms with Crippen LogP contribution < -0.4 is 5.73 Å². The van der Waals surface area contributed by atoms with E-state index in [9.17, 15) is 4.79 Å². The molecule has 1 aliphatic heterocycles. The number of fused-ring (bicyclic) bond motifs is 1. The third-order valence-corrected chi connectivity index (χ3v) is 4.03. The standard InChI is InChI=1S/C11H13ClN4O.C5H10O2/c1-6(2)3-8-7(5-17)10(12)9-4-14-11(13)15-16(8)9;6-5-2-1-3-7-4-5/h4-6H,3H2,1-2H3,(H2,13,15);5-6H,1-4H2. The first-order valence-electron chi connectivity index (χ1n) is 7.96. The van der Waals surface area contributed by atoms with Crippen LogP contribution in [0.4, 0.5) is 5.95 Å². The third kappa shape index (κ3) is 4.43. The molecule has 3 heterocycles. The van der Waals surface area contributed by atoms with E-state index in [-0.39, 0.29) is 12.1 Å². The minimum atomic E-state index is -0.186. The fraction of sp³-hybridized carbons (Fsp3) is 0.562. The molecule has 7 nitrogen and oxygen atoms in total. The smallest absolute Gasteiger partial charge is 0.238 e. The molecule has 3 rings (SSSR count). The molecule has 1 saturated heterocycles. The minimum absolute atomic E-state index is 0.159. The van der Waals surface area contributed by atoms with Crippen molar-refractivity contribution in [1.29, 1.82) is 0 Å². The van der Waals surface area contributed by atoms with Gasteiger partial charge < -0.3 is 15.6 Å². The molecule has 8 heteroatoms. The summed E-state index contributed by atoms with van der Waals surface area (Å²) in [5, 5.41) is 13.3. The Morgan fingerprint density at radius 2 is 2.33 bits per heavy atom. The Balaban J connectivity index is 0.000000249. The average molecular weight is 355 g/mol. The van der Waals surface area contributed by atoms with Gasteiger partial charge in [0.15, 0.2) is 6.29 Å². The van der Waals surface area contributed by atoms with Gasteiger partial charge in [0.2, 0.25) is 5.95 Å². The van der Waals surface area contributed by atoms with E-state index in [0.717, 1.165) is 31.4 Å². The highest BCUT2D eigenvalue weighted by molar-refractivity contribution is 6.36. The van der Waals surface area contributed by atoms with Crippen LogP contribution in [0.15, 0.2) is 6.20 Å². The van der Waals surface area contributed by atoms with Gasteiger partial charge in [0.1, 0.15) is 5.52 Å². The number of nitrogen functional groups attached to an aromatic ring is 1. The number of hydrogen-bond acceptors (Lipinski definition) is 6. The molecular formula is C16H23ClN4O3. The number of carbonyl (C=O) groups excluding carboxylic acids is 1. The Bertz CT molecular complexity index is 696. The van der Waals surface area contributed by atoms with Crippen LogP contribution in [0.2, 0.25) is 5.02 Å². The van der Waals surface area contributed by atoms with Crippen molar-refractivity contribution in [3.8, 4) is 0 Å². The molecule has 2 aromatic rings. The molecule has 24 heavy (non-hydrogen) atoms. The van der Waals surface area contributed by atoms with Crippen molar-refractivity contribution in [2.24, 2.45) is 5.92 Å². The molecule has 0 saturated carbocycles. The topological polar surface area (TPSA) is 103 Å². The first-order valence-corrected chi connectivity index (χ1v) is 8.34. The highest BCUT2D eigenvalue weighted by Crippen LogP contribution is 2.28. The quantitative estimate of drug-likeness (QED) is 0.818. The molecule has 1 atom stereocenters. The fourth-order valence-corrected chi connectivity index (χ4v) is 2.81. The maximum Gasteiger partial charge on any atom is 0.238 e. The lowest BCUT2D eigenvalue weighted by molar-refractivity contribution is -0.00535. The zero-order valence-corrected chi connectivity index (χ0v) is 14.7. The molecule has 1 unspecified atom stereocenters. The Kier molecular flexibility index (Phi) is 6.53. The van der Waals surface area contributed by atoms with E-state index in [4.69, 9.17) is 27.2 Å². The molecule has 0 spiro atoms. The Morgan fingerprint density at radius 1 is 1.58 bits per heavy atom. The Hall–Kier alpha value is -1.70. The number of nitrogens with zero attached hydrogens (tertiary/aromatic N) is 3. The second-order valence-electron chi connectivity index (χ2n) is 6.17. The van der Waals surface area contributed by atoms with E-state index in [1.54, 1.807) is 4.52 Å². The van der Waals surface area contributed by atoms with Gasteiger partial charge in [-0.1, -0.05) is 25.4 Å². The summed E-state index contributed by atoms with van der Waals surface area (Å²) < 4.78 is 6.54. The molecular weight excluding hydrogens is 332 g/mol. The van der Waals surface area contributed by atoms with Crippen LogP contribution in [0.1, 0.15) is 42.7 Å². The molecule has 0 bridgehead atoms. The fourth-order valence-electron chi connectivity index (χ4n) is 2.52. The summed E-state index contributed by atoms with van der Waals surface area (Å²) in [5.41, 5.74) is 7.41. The molecule has 2 aromatic heterocycles. The predicted molar refractivity (Wildman–Crippen MR) is 92.4 cm³/mol. The Labute approximate surface area is 145 Å². The molecule has 0 aliphatic carbocycles. The summed E-state index contributed by atoms with van der Waals surface area (Å²) in [6.07, 6.45) is 4.74. The van der Waals surface area contributed by atoms with E-state index >= 15 is 0 Å². The summed E-state index contributed by atoms with van der Waals surface area (Å²) in [5.74, 6) is 0.547. The van der Waals surface area contributed by atoms with Gasteiger partial charge in [-0.3, -0.25) is 4.79 Å². The normalized spacial score (nSPS) is 17.6. The van der Waals surface area contributed by atoms with Crippen molar-refractivity contribution >= 4 is 29.4 Å². The second-order valence-corrected chi connectivity index (χ2v) is 6.55. The Morgan fingerprint density at radius 3 is 2.83 bits per heavy atom. The number of aromatic nitrogens is 3. The summed E-state index contributed by atoms with van der Waals surface area (Å²) in [4.78, 5) is 15.0. The summed E-state index contributed by atoms with van der Waals surface area (Å²) in [7, 11) is 0. The largest absolute Gasteiger partial charge is 0.391 e. The number of nitrogens with two attached hydrogens (primary N) is 1. The molecule has 132 valence electrons. The van der Waals surface area contributed by atoms with Gasteiger partial charge in [-0.25, -0.2) is 9.50 Å². The van der Waals surface area contributed by atoms with Crippen molar-refractivity contribution in [1.82, 2.24) is 14.6 Å². The van der Waals surface area contributed by atoms with Crippen molar-refractivity contribution in [2.45, 2.75) is 39.2 Å². The van der Waals surface area contributed by atoms with Crippen LogP contribution in [0.25, 0.3) is 5.52 Å². The second kappa shape index (κ2) is 8.41. The van der Waals surface area contributed by atoms with Gasteiger partial charge in [-0.05, 0) is 25.2 Å². The molecule has 1 aliphatic rings. The molecule has 0 amide bonds. The van der Waals surface area contributed by atoms with Crippen molar-refractivity contribution in [3.63, 3.8) is 0 Å². The number of aliphatic hydroxyl groups excluding tert-OH is 1. The number of aliphatic hydroxyl groups is 1. The molecule has 3 N–H and O–H groups in total. The first kappa shape index (κ1) is 18.6. The van der Waals surface area contributed by atoms with Gasteiger partial charge in [-0.15, -0.1) is 5.10 Å². The lowest BCUT2D eigenvalue weighted by atomic mass is 10.1. The van der Waals surface area contributed by atoms with E-state index < -0.39 is 0 Å². The highest BCUT2D eigenvalue weighted by Gasteiger charge is 2.18. The van der Waals surface area contributed by atoms with E-state index in [0.29, 0.717) is 35.0 Å². The maximum atomic E-state index is 11.1. The van der Waals surface area contributed by atoms with Crippen molar-refractivity contribution in [3.05, 3.63) is 22.5 Å². The zero-order chi connectivity index (χ0) is 17.7. The predicted octanol–water partition coefficient (Wildman–Crippen LogP) is 2.13. The van der Waals surface area contributed by atoms with Gasteiger partial charge in [0, 0.05) is 6.61 Å². The number of carbonyl (C=O) groups is 1. The number of rotatable bonds is 3. The molecule has 1 fully saturated rings. The van der Waals surface area contributed by atoms with Crippen LogP contribution in [0, 0.1) is 5.92 Å². The lowest BCUT2D eigenvalue weighted by Gasteiger charge is -2.15. The van der Waals surface area contributed by atoms with Gasteiger partial charge >= 0.3 is 0 Å². The summed E-state index contributed by atoms with van der Waals surface area (Å²) in [6.45, 7) is 5.50. The molecule has 0 radical (unpaired) electrons. The van der Waals surface area contributed by atoms with E-state index in [2.05, 4.69) is 23.9 Å². The highest BCUT2D eigenvalue weighted by atomic mass is 35.5. The van der Waals surface area contributed by atoms with Gasteiger partial charge in [0.25, 0.3) is 0 Å². The van der Waals surface area contributed by atoms with Crippen molar-refractivity contribution in [2.75, 3.05) is 18.9 Å². The van der Waals surface area contributed by atoms with Crippen LogP contribution >= 0.6 is 11.6 Å². The number of anilines is 1. The minimum Gasteiger partial charge on any atom is -0.391 e. The van der Waals surface area contributed by atoms with Crippen molar-refractivity contribution < 1.29 is 14.6 Å². The van der Waals surface area contributed by atoms with Crippen LogP contribution in [0.3, 0.4) is 0 Å². The SMILES string of the molecule is CC(C)Cc1c(C=O)c(Cl)c2cnc(N)nn12.OC1CCCOC1. The summed E-state index contributed by atoms with van der Waals surface area (Å²) >= 11 is 6.13. The number of ether oxygens (including phenoxy) is 1. The van der Waals surface area contributed by atoms with E-state index in [1.165, 1.54) is 6.20 Å². The lowest BCUT2D eigenvalue weighted by Crippen LogP contribution is -2.21. The number of aldehydes is 1. The van der Waals surface area contributed by atoms with Gasteiger partial charge in [-0.2, -0.15) is 0 Å². The van der Waals surface area contributed by atoms with E-state index in [1.807, 2.05) is 0 Å². The number of halogens is 1. The first-order chi connectivity index (χ1) is 11.4. The van der Waals surface area contributed by atoms with Crippen LogP contribution in [0.5, 0.6) is 0 Å². The van der Waals surface area contributed by atoms with Crippen LogP contribution in [-0.4, -0.2) is 45.3 Å². The monoisotopic (exact) mass is 354 g/mol. The zero-order valence-electron chi connectivity index (χ0n) is 13.9. The maximum absolute atomic E-state index is 11.1. The summed E-state index contributed by atoms with van der Waals surface area (Å²) in [6, 6.07) is 0. The van der Waals surface area contributed by atoms with Gasteiger partial charge in [0.05, 0.1) is 35.2 Å². The average Bonchev–Trinajstić information content (AvgIpc) is 2.79.